The fourth-order valence-corrected chi connectivity index (χ4v) is 4.47. The number of amides is 1. The van der Waals surface area contributed by atoms with Gasteiger partial charge in [-0.3, -0.25) is 4.79 Å². The van der Waals surface area contributed by atoms with Gasteiger partial charge in [0, 0.05) is 18.0 Å². The number of nitrogens with zero attached hydrogens (tertiary/aromatic N) is 1. The smallest absolute Gasteiger partial charge is 0.329 e. The highest BCUT2D eigenvalue weighted by Gasteiger charge is 2.25. The molecular formula is C22H26ClN3O3. The van der Waals surface area contributed by atoms with E-state index in [0.29, 0.717) is 34.0 Å². The van der Waals surface area contributed by atoms with E-state index in [0.717, 1.165) is 32.2 Å². The lowest BCUT2D eigenvalue weighted by molar-refractivity contribution is -0.136. The predicted molar refractivity (Wildman–Crippen MR) is 112 cm³/mol. The number of esters is 1. The number of halogens is 1. The molecule has 1 atom stereocenters. The van der Waals surface area contributed by atoms with Crippen LogP contribution in [0.1, 0.15) is 55.3 Å². The van der Waals surface area contributed by atoms with Crippen LogP contribution in [0.25, 0.3) is 10.9 Å². The zero-order valence-corrected chi connectivity index (χ0v) is 17.1. The fraction of sp³-hybridized carbons (Fsp3) is 0.500. The quantitative estimate of drug-likeness (QED) is 0.725. The maximum Gasteiger partial charge on any atom is 0.329 e. The van der Waals surface area contributed by atoms with Gasteiger partial charge in [-0.2, -0.15) is 0 Å². The van der Waals surface area contributed by atoms with E-state index >= 15 is 0 Å². The van der Waals surface area contributed by atoms with Gasteiger partial charge in [-0.25, -0.2) is 9.78 Å². The Morgan fingerprint density at radius 2 is 1.93 bits per heavy atom. The summed E-state index contributed by atoms with van der Waals surface area (Å²) in [5.41, 5.74) is 0.990. The molecule has 0 bridgehead atoms. The highest BCUT2D eigenvalue weighted by atomic mass is 35.5. The van der Waals surface area contributed by atoms with Crippen LogP contribution in [0.4, 0.5) is 0 Å². The number of carbonyl (C=O) groups excluding carboxylic acids is 2. The minimum Gasteiger partial charge on any atom is -0.406 e. The molecule has 2 heterocycles. The summed E-state index contributed by atoms with van der Waals surface area (Å²) in [5, 5.41) is 7.19. The Morgan fingerprint density at radius 3 is 2.69 bits per heavy atom. The number of nitrogens with one attached hydrogen (secondary N) is 2. The van der Waals surface area contributed by atoms with Crippen molar-refractivity contribution in [3.05, 3.63) is 34.9 Å². The highest BCUT2D eigenvalue weighted by Crippen LogP contribution is 2.28. The lowest BCUT2D eigenvalue weighted by atomic mass is 9.89. The topological polar surface area (TPSA) is 80.3 Å². The second-order valence-corrected chi connectivity index (χ2v) is 8.33. The molecule has 154 valence electrons. The highest BCUT2D eigenvalue weighted by molar-refractivity contribution is 6.35. The van der Waals surface area contributed by atoms with E-state index in [-0.39, 0.29) is 23.8 Å². The Labute approximate surface area is 175 Å². The molecule has 2 aromatic rings. The Hall–Kier alpha value is -2.18. The molecule has 7 heteroatoms. The summed E-state index contributed by atoms with van der Waals surface area (Å²) in [4.78, 5) is 29.5. The van der Waals surface area contributed by atoms with Gasteiger partial charge >= 0.3 is 5.97 Å². The molecule has 29 heavy (non-hydrogen) atoms. The van der Waals surface area contributed by atoms with Crippen molar-refractivity contribution in [3.63, 3.8) is 0 Å². The van der Waals surface area contributed by atoms with Gasteiger partial charge in [-0.05, 0) is 56.3 Å². The van der Waals surface area contributed by atoms with Gasteiger partial charge in [0.15, 0.2) is 0 Å². The number of aromatic nitrogens is 1. The minimum atomic E-state index is -0.325. The second-order valence-electron chi connectivity index (χ2n) is 7.92. The largest absolute Gasteiger partial charge is 0.406 e. The van der Waals surface area contributed by atoms with Gasteiger partial charge in [0.2, 0.25) is 5.88 Å². The van der Waals surface area contributed by atoms with Crippen LogP contribution < -0.4 is 15.4 Å². The van der Waals surface area contributed by atoms with Crippen molar-refractivity contribution in [1.82, 2.24) is 15.6 Å². The first-order valence-corrected chi connectivity index (χ1v) is 10.8. The second kappa shape index (κ2) is 9.09. The van der Waals surface area contributed by atoms with Gasteiger partial charge in [0.25, 0.3) is 5.91 Å². The Balaban J connectivity index is 1.50. The fourth-order valence-electron chi connectivity index (χ4n) is 4.22. The van der Waals surface area contributed by atoms with Crippen LogP contribution in [0.5, 0.6) is 5.88 Å². The maximum atomic E-state index is 12.8. The van der Waals surface area contributed by atoms with Gasteiger partial charge in [-0.15, -0.1) is 0 Å². The molecule has 1 aliphatic carbocycles. The van der Waals surface area contributed by atoms with Crippen molar-refractivity contribution in [1.29, 1.82) is 0 Å². The van der Waals surface area contributed by atoms with Gasteiger partial charge in [0.05, 0.1) is 16.1 Å². The standard InChI is InChI=1S/C22H26ClN3O3/c23-16-9-10-17-15(20(16)21(27)25-13-14-5-2-1-3-6-14)8-11-19(26-17)29-22(28)18-7-4-12-24-18/h8-11,14,18,24H,1-7,12-13H2,(H,25,27)/t18-/m0/s1. The summed E-state index contributed by atoms with van der Waals surface area (Å²) in [6.45, 7) is 1.49. The molecule has 1 aromatic heterocycles. The number of rotatable bonds is 5. The van der Waals surface area contributed by atoms with Gasteiger partial charge in [0.1, 0.15) is 6.04 Å². The van der Waals surface area contributed by atoms with Crippen molar-refractivity contribution in [2.24, 2.45) is 5.92 Å². The molecule has 2 N–H and O–H groups in total. The zero-order chi connectivity index (χ0) is 20.2. The summed E-state index contributed by atoms with van der Waals surface area (Å²) >= 11 is 6.35. The van der Waals surface area contributed by atoms with E-state index in [9.17, 15) is 9.59 Å². The van der Waals surface area contributed by atoms with Crippen LogP contribution in [-0.4, -0.2) is 36.0 Å². The van der Waals surface area contributed by atoms with Crippen molar-refractivity contribution < 1.29 is 14.3 Å². The molecule has 1 aromatic carbocycles. The first kappa shape index (κ1) is 20.1. The zero-order valence-electron chi connectivity index (χ0n) is 16.4. The van der Waals surface area contributed by atoms with E-state index in [1.165, 1.54) is 19.3 Å². The summed E-state index contributed by atoms with van der Waals surface area (Å²) in [6, 6.07) is 6.48. The Kier molecular flexibility index (Phi) is 6.31. The van der Waals surface area contributed by atoms with Gasteiger partial charge < -0.3 is 15.4 Å². The van der Waals surface area contributed by atoms with E-state index in [1.807, 2.05) is 0 Å². The average Bonchev–Trinajstić information content (AvgIpc) is 3.28. The number of carbonyl (C=O) groups is 2. The summed E-state index contributed by atoms with van der Waals surface area (Å²) in [5.74, 6) is 0.253. The normalized spacial score (nSPS) is 20.0. The summed E-state index contributed by atoms with van der Waals surface area (Å²) in [7, 11) is 0. The molecule has 1 amide bonds. The van der Waals surface area contributed by atoms with E-state index in [2.05, 4.69) is 15.6 Å². The molecule has 4 rings (SSSR count). The van der Waals surface area contributed by atoms with Crippen LogP contribution in [0.15, 0.2) is 24.3 Å². The van der Waals surface area contributed by atoms with Crippen molar-refractivity contribution >= 4 is 34.4 Å². The minimum absolute atomic E-state index is 0.187. The molecule has 1 aliphatic heterocycles. The van der Waals surface area contributed by atoms with Crippen LogP contribution in [0, 0.1) is 5.92 Å². The molecule has 1 saturated carbocycles. The third-order valence-corrected chi connectivity index (χ3v) is 6.16. The van der Waals surface area contributed by atoms with Crippen LogP contribution >= 0.6 is 11.6 Å². The third kappa shape index (κ3) is 4.70. The number of benzene rings is 1. The Morgan fingerprint density at radius 1 is 1.10 bits per heavy atom. The van der Waals surface area contributed by atoms with Crippen LogP contribution in [-0.2, 0) is 4.79 Å². The number of hydrogen-bond donors (Lipinski definition) is 2. The lowest BCUT2D eigenvalue weighted by Gasteiger charge is -2.22. The lowest BCUT2D eigenvalue weighted by Crippen LogP contribution is -2.34. The average molecular weight is 416 g/mol. The molecular weight excluding hydrogens is 390 g/mol. The van der Waals surface area contributed by atoms with Gasteiger partial charge in [-0.1, -0.05) is 30.9 Å². The van der Waals surface area contributed by atoms with Crippen molar-refractivity contribution in [3.8, 4) is 5.88 Å². The van der Waals surface area contributed by atoms with E-state index < -0.39 is 0 Å². The van der Waals surface area contributed by atoms with Crippen molar-refractivity contribution in [2.75, 3.05) is 13.1 Å². The summed E-state index contributed by atoms with van der Waals surface area (Å²) in [6.07, 6.45) is 7.81. The number of hydrogen-bond acceptors (Lipinski definition) is 5. The maximum absolute atomic E-state index is 12.8. The number of pyridine rings is 1. The molecule has 0 unspecified atom stereocenters. The summed E-state index contributed by atoms with van der Waals surface area (Å²) < 4.78 is 5.42. The van der Waals surface area contributed by atoms with E-state index in [4.69, 9.17) is 16.3 Å². The first-order chi connectivity index (χ1) is 14.1. The van der Waals surface area contributed by atoms with Crippen molar-refractivity contribution in [2.45, 2.75) is 51.0 Å². The molecule has 2 aliphatic rings. The Bertz CT molecular complexity index is 906. The molecule has 6 nitrogen and oxygen atoms in total. The monoisotopic (exact) mass is 415 g/mol. The number of ether oxygens (including phenoxy) is 1. The third-order valence-electron chi connectivity index (χ3n) is 5.85. The molecule has 1 saturated heterocycles. The first-order valence-electron chi connectivity index (χ1n) is 10.4. The van der Waals surface area contributed by atoms with Crippen LogP contribution in [0.3, 0.4) is 0 Å². The van der Waals surface area contributed by atoms with E-state index in [1.54, 1.807) is 24.3 Å². The molecule has 0 radical (unpaired) electrons. The SMILES string of the molecule is O=C(NCC1CCCCC1)c1c(Cl)ccc2nc(OC(=O)[C@@H]3CCCN3)ccc12. The number of fused-ring (bicyclic) bond motifs is 1. The molecule has 0 spiro atoms. The predicted octanol–water partition coefficient (Wildman–Crippen LogP) is 3.86. The van der Waals surface area contributed by atoms with Crippen LogP contribution in [0.2, 0.25) is 5.02 Å². The molecule has 2 fully saturated rings.